The summed E-state index contributed by atoms with van der Waals surface area (Å²) < 4.78 is 8.26. The maximum Gasteiger partial charge on any atom is 0.225 e. The van der Waals surface area contributed by atoms with E-state index in [1.54, 1.807) is 12.4 Å². The Labute approximate surface area is 148 Å². The number of fused-ring (bicyclic) bond motifs is 1. The van der Waals surface area contributed by atoms with E-state index >= 15 is 0 Å². The Kier molecular flexibility index (Phi) is 5.22. The Morgan fingerprint density at radius 2 is 1.88 bits per heavy atom. The smallest absolute Gasteiger partial charge is 0.225 e. The van der Waals surface area contributed by atoms with Gasteiger partial charge in [0.05, 0.1) is 19.8 Å². The first-order valence-corrected chi connectivity index (χ1v) is 9.20. The summed E-state index contributed by atoms with van der Waals surface area (Å²) in [5.74, 6) is 2.23. The van der Waals surface area contributed by atoms with Gasteiger partial charge in [-0.15, -0.1) is 0 Å². The van der Waals surface area contributed by atoms with Gasteiger partial charge in [-0.1, -0.05) is 0 Å². The number of imidazole rings is 1. The third kappa shape index (κ3) is 4.16. The van der Waals surface area contributed by atoms with Crippen molar-refractivity contribution in [3.05, 3.63) is 36.7 Å². The fourth-order valence-electron chi connectivity index (χ4n) is 3.70. The maximum absolute atomic E-state index is 6.02. The van der Waals surface area contributed by atoms with Gasteiger partial charge in [-0.25, -0.2) is 15.0 Å². The molecule has 1 atom stereocenters. The first-order chi connectivity index (χ1) is 12.4. The van der Waals surface area contributed by atoms with E-state index in [-0.39, 0.29) is 0 Å². The molecular weight excluding hydrogens is 316 g/mol. The second-order valence-corrected chi connectivity index (χ2v) is 6.91. The Hall–Kier alpha value is -1.99. The average Bonchev–Trinajstić information content (AvgIpc) is 3.28. The van der Waals surface area contributed by atoms with Gasteiger partial charge in [0.2, 0.25) is 5.95 Å². The SMILES string of the molecule is c1cnc(N2Cc3nccn3CC(COCCN3CCCC3)C2)nc1. The van der Waals surface area contributed by atoms with E-state index in [1.807, 2.05) is 12.3 Å². The maximum atomic E-state index is 6.02. The number of likely N-dealkylation sites (tertiary alicyclic amines) is 1. The van der Waals surface area contributed by atoms with Gasteiger partial charge in [-0.2, -0.15) is 0 Å². The number of rotatable bonds is 6. The molecule has 0 saturated carbocycles. The molecule has 0 bridgehead atoms. The van der Waals surface area contributed by atoms with Crippen molar-refractivity contribution in [2.75, 3.05) is 44.3 Å². The molecule has 2 aromatic heterocycles. The Balaban J connectivity index is 1.37. The molecule has 0 aromatic carbocycles. The monoisotopic (exact) mass is 342 g/mol. The van der Waals surface area contributed by atoms with Gasteiger partial charge >= 0.3 is 0 Å². The van der Waals surface area contributed by atoms with E-state index in [1.165, 1.54) is 25.9 Å². The zero-order chi connectivity index (χ0) is 16.9. The van der Waals surface area contributed by atoms with Crippen LogP contribution in [0, 0.1) is 5.92 Å². The first kappa shape index (κ1) is 16.5. The molecule has 25 heavy (non-hydrogen) atoms. The van der Waals surface area contributed by atoms with Crippen LogP contribution >= 0.6 is 0 Å². The second kappa shape index (κ2) is 7.93. The Morgan fingerprint density at radius 1 is 1.04 bits per heavy atom. The van der Waals surface area contributed by atoms with Crippen LogP contribution in [0.4, 0.5) is 5.95 Å². The van der Waals surface area contributed by atoms with Crippen molar-refractivity contribution in [3.63, 3.8) is 0 Å². The lowest BCUT2D eigenvalue weighted by Gasteiger charge is -2.24. The summed E-state index contributed by atoms with van der Waals surface area (Å²) in [5.41, 5.74) is 0. The third-order valence-corrected chi connectivity index (χ3v) is 5.01. The highest BCUT2D eigenvalue weighted by Crippen LogP contribution is 2.19. The van der Waals surface area contributed by atoms with E-state index in [9.17, 15) is 0 Å². The number of anilines is 1. The fraction of sp³-hybridized carbons (Fsp3) is 0.611. The van der Waals surface area contributed by atoms with Crippen LogP contribution in [0.3, 0.4) is 0 Å². The largest absolute Gasteiger partial charge is 0.380 e. The van der Waals surface area contributed by atoms with Crippen LogP contribution in [0.25, 0.3) is 0 Å². The van der Waals surface area contributed by atoms with Crippen molar-refractivity contribution >= 4 is 5.95 Å². The summed E-state index contributed by atoms with van der Waals surface area (Å²) in [6.45, 7) is 7.63. The van der Waals surface area contributed by atoms with Gasteiger partial charge in [-0.3, -0.25) is 0 Å². The Bertz CT molecular complexity index is 655. The molecule has 0 amide bonds. The molecule has 1 fully saturated rings. The highest BCUT2D eigenvalue weighted by molar-refractivity contribution is 5.29. The second-order valence-electron chi connectivity index (χ2n) is 6.91. The molecule has 1 unspecified atom stereocenters. The molecule has 7 nitrogen and oxygen atoms in total. The number of nitrogens with zero attached hydrogens (tertiary/aromatic N) is 6. The van der Waals surface area contributed by atoms with Crippen LogP contribution in [0.1, 0.15) is 18.7 Å². The molecule has 2 aromatic rings. The quantitative estimate of drug-likeness (QED) is 0.740. The molecule has 0 spiro atoms. The minimum atomic E-state index is 0.401. The summed E-state index contributed by atoms with van der Waals surface area (Å²) in [6, 6.07) is 1.85. The lowest BCUT2D eigenvalue weighted by molar-refractivity contribution is 0.0800. The summed E-state index contributed by atoms with van der Waals surface area (Å²) in [4.78, 5) is 18.0. The zero-order valence-corrected chi connectivity index (χ0v) is 14.6. The molecule has 2 aliphatic rings. The van der Waals surface area contributed by atoms with Gasteiger partial charge in [0.25, 0.3) is 0 Å². The van der Waals surface area contributed by atoms with Crippen LogP contribution in [0.2, 0.25) is 0 Å². The van der Waals surface area contributed by atoms with Crippen LogP contribution in [0.5, 0.6) is 0 Å². The standard InChI is InChI=1S/C18H26N6O/c1-2-8-22(7-1)10-11-25-15-16-12-23-9-6-19-17(23)14-24(13-16)18-20-4-3-5-21-18/h3-6,9,16H,1-2,7-8,10-15H2. The van der Waals surface area contributed by atoms with Crippen molar-refractivity contribution in [1.29, 1.82) is 0 Å². The summed E-state index contributed by atoms with van der Waals surface area (Å²) >= 11 is 0. The molecule has 0 radical (unpaired) electrons. The number of aromatic nitrogens is 4. The molecule has 4 heterocycles. The fourth-order valence-corrected chi connectivity index (χ4v) is 3.70. The first-order valence-electron chi connectivity index (χ1n) is 9.20. The van der Waals surface area contributed by atoms with Gasteiger partial charge in [0, 0.05) is 50.3 Å². The highest BCUT2D eigenvalue weighted by Gasteiger charge is 2.24. The molecule has 4 rings (SSSR count). The van der Waals surface area contributed by atoms with Crippen molar-refractivity contribution in [2.24, 2.45) is 5.92 Å². The van der Waals surface area contributed by atoms with E-state index in [4.69, 9.17) is 4.74 Å². The van der Waals surface area contributed by atoms with E-state index < -0.39 is 0 Å². The van der Waals surface area contributed by atoms with Crippen molar-refractivity contribution in [1.82, 2.24) is 24.4 Å². The minimum absolute atomic E-state index is 0.401. The average molecular weight is 342 g/mol. The zero-order valence-electron chi connectivity index (χ0n) is 14.6. The normalized spacial score (nSPS) is 21.3. The molecule has 7 heteroatoms. The molecule has 1 saturated heterocycles. The number of ether oxygens (including phenoxy) is 1. The molecular formula is C18H26N6O. The van der Waals surface area contributed by atoms with Gasteiger partial charge in [0.1, 0.15) is 5.82 Å². The Morgan fingerprint density at radius 3 is 2.72 bits per heavy atom. The van der Waals surface area contributed by atoms with Gasteiger partial charge in [-0.05, 0) is 32.0 Å². The molecule has 0 N–H and O–H groups in total. The van der Waals surface area contributed by atoms with E-state index in [0.717, 1.165) is 51.2 Å². The van der Waals surface area contributed by atoms with E-state index in [0.29, 0.717) is 5.92 Å². The molecule has 2 aliphatic heterocycles. The topological polar surface area (TPSA) is 59.3 Å². The molecule has 0 aliphatic carbocycles. The minimum Gasteiger partial charge on any atom is -0.380 e. The van der Waals surface area contributed by atoms with Crippen molar-refractivity contribution < 1.29 is 4.74 Å². The van der Waals surface area contributed by atoms with E-state index in [2.05, 4.69) is 35.5 Å². The summed E-state index contributed by atoms with van der Waals surface area (Å²) in [7, 11) is 0. The number of hydrogen-bond donors (Lipinski definition) is 0. The van der Waals surface area contributed by atoms with Gasteiger partial charge in [0.15, 0.2) is 0 Å². The van der Waals surface area contributed by atoms with Crippen molar-refractivity contribution in [2.45, 2.75) is 25.9 Å². The third-order valence-electron chi connectivity index (χ3n) is 5.01. The number of hydrogen-bond acceptors (Lipinski definition) is 6. The van der Waals surface area contributed by atoms with Crippen molar-refractivity contribution in [3.8, 4) is 0 Å². The van der Waals surface area contributed by atoms with Gasteiger partial charge < -0.3 is 19.1 Å². The summed E-state index contributed by atoms with van der Waals surface area (Å²) in [6.07, 6.45) is 10.2. The highest BCUT2D eigenvalue weighted by atomic mass is 16.5. The van der Waals surface area contributed by atoms with Crippen LogP contribution in [-0.4, -0.2) is 63.8 Å². The van der Waals surface area contributed by atoms with Crippen LogP contribution in [-0.2, 0) is 17.8 Å². The van der Waals surface area contributed by atoms with Crippen LogP contribution in [0.15, 0.2) is 30.9 Å². The molecule has 134 valence electrons. The lowest BCUT2D eigenvalue weighted by Crippen LogP contribution is -2.32. The van der Waals surface area contributed by atoms with Crippen LogP contribution < -0.4 is 4.90 Å². The lowest BCUT2D eigenvalue weighted by atomic mass is 10.1. The summed E-state index contributed by atoms with van der Waals surface area (Å²) in [5, 5.41) is 0. The predicted octanol–water partition coefficient (Wildman–Crippen LogP) is 1.42. The predicted molar refractivity (Wildman–Crippen MR) is 95.3 cm³/mol.